The second kappa shape index (κ2) is 6.82. The highest BCUT2D eigenvalue weighted by atomic mass is 35.5. The SMILES string of the molecule is O=c1oc2ccccc2n1C[NH+]1CCN(S(=O)(=O)c2ccc(Cl)s2)CC1. The first kappa shape index (κ1) is 17.7. The third kappa shape index (κ3) is 3.21. The van der Waals surface area contributed by atoms with Gasteiger partial charge in [0.15, 0.2) is 12.3 Å². The van der Waals surface area contributed by atoms with Gasteiger partial charge in [0.25, 0.3) is 10.0 Å². The number of para-hydroxylation sites is 2. The maximum atomic E-state index is 12.7. The molecule has 0 unspecified atom stereocenters. The minimum atomic E-state index is -3.50. The Labute approximate surface area is 159 Å². The number of hydrogen-bond donors (Lipinski definition) is 1. The summed E-state index contributed by atoms with van der Waals surface area (Å²) in [5.41, 5.74) is 1.32. The molecule has 2 aromatic heterocycles. The van der Waals surface area contributed by atoms with Crippen molar-refractivity contribution in [1.29, 1.82) is 0 Å². The topological polar surface area (TPSA) is 77.0 Å². The van der Waals surface area contributed by atoms with E-state index >= 15 is 0 Å². The smallest absolute Gasteiger partial charge is 0.408 e. The highest BCUT2D eigenvalue weighted by molar-refractivity contribution is 7.91. The molecule has 1 aliphatic heterocycles. The van der Waals surface area contributed by atoms with Crippen LogP contribution in [0.3, 0.4) is 0 Å². The van der Waals surface area contributed by atoms with E-state index in [4.69, 9.17) is 16.0 Å². The third-order valence-electron chi connectivity index (χ3n) is 4.53. The summed E-state index contributed by atoms with van der Waals surface area (Å²) in [5.74, 6) is -0.387. The van der Waals surface area contributed by atoms with Crippen molar-refractivity contribution in [2.75, 3.05) is 26.2 Å². The molecular weight excluding hydrogens is 398 g/mol. The molecule has 1 aromatic carbocycles. The summed E-state index contributed by atoms with van der Waals surface area (Å²) < 4.78 is 34.4. The largest absolute Gasteiger partial charge is 0.424 e. The molecule has 7 nitrogen and oxygen atoms in total. The normalized spacial score (nSPS) is 17.1. The van der Waals surface area contributed by atoms with Crippen LogP contribution in [0.2, 0.25) is 4.34 Å². The fraction of sp³-hybridized carbons (Fsp3) is 0.312. The molecule has 0 saturated carbocycles. The van der Waals surface area contributed by atoms with E-state index in [1.54, 1.807) is 22.8 Å². The zero-order valence-corrected chi connectivity index (χ0v) is 16.1. The van der Waals surface area contributed by atoms with E-state index in [1.807, 2.05) is 18.2 Å². The summed E-state index contributed by atoms with van der Waals surface area (Å²) in [5, 5.41) is 0. The predicted molar refractivity (Wildman–Crippen MR) is 99.3 cm³/mol. The van der Waals surface area contributed by atoms with Gasteiger partial charge in [0, 0.05) is 0 Å². The molecule has 0 amide bonds. The van der Waals surface area contributed by atoms with E-state index in [9.17, 15) is 13.2 Å². The quantitative estimate of drug-likeness (QED) is 0.686. The maximum Gasteiger partial charge on any atom is 0.424 e. The Balaban J connectivity index is 1.47. The van der Waals surface area contributed by atoms with Crippen LogP contribution in [0.25, 0.3) is 11.1 Å². The van der Waals surface area contributed by atoms with Crippen LogP contribution in [0.1, 0.15) is 0 Å². The number of oxazole rings is 1. The minimum Gasteiger partial charge on any atom is -0.408 e. The lowest BCUT2D eigenvalue weighted by Crippen LogP contribution is -3.14. The van der Waals surface area contributed by atoms with Crippen LogP contribution in [0.4, 0.5) is 0 Å². The summed E-state index contributed by atoms with van der Waals surface area (Å²) in [6.07, 6.45) is 0. The number of halogens is 1. The number of aromatic nitrogens is 1. The minimum absolute atomic E-state index is 0.267. The Morgan fingerprint density at radius 1 is 1.15 bits per heavy atom. The second-order valence-corrected chi connectivity index (χ2v) is 10.0. The summed E-state index contributed by atoms with van der Waals surface area (Å²) >= 11 is 6.93. The Bertz CT molecular complexity index is 1090. The lowest BCUT2D eigenvalue weighted by Gasteiger charge is -2.31. The lowest BCUT2D eigenvalue weighted by atomic mass is 10.3. The molecule has 1 saturated heterocycles. The second-order valence-electron chi connectivity index (χ2n) is 6.13. The van der Waals surface area contributed by atoms with Gasteiger partial charge in [-0.25, -0.2) is 17.8 Å². The van der Waals surface area contributed by atoms with E-state index in [1.165, 1.54) is 4.31 Å². The van der Waals surface area contributed by atoms with Gasteiger partial charge in [-0.3, -0.25) is 0 Å². The number of rotatable bonds is 4. The number of quaternary nitrogens is 1. The van der Waals surface area contributed by atoms with Crippen molar-refractivity contribution < 1.29 is 17.7 Å². The highest BCUT2D eigenvalue weighted by Crippen LogP contribution is 2.28. The number of piperazine rings is 1. The molecular formula is C16H17ClN3O4S2+. The number of benzene rings is 1. The molecule has 1 fully saturated rings. The van der Waals surface area contributed by atoms with Crippen molar-refractivity contribution in [3.8, 4) is 0 Å². The Morgan fingerprint density at radius 3 is 2.58 bits per heavy atom. The van der Waals surface area contributed by atoms with Crippen molar-refractivity contribution >= 4 is 44.1 Å². The van der Waals surface area contributed by atoms with Crippen LogP contribution in [-0.2, 0) is 16.7 Å². The third-order valence-corrected chi connectivity index (χ3v) is 8.12. The molecule has 0 aliphatic carbocycles. The molecule has 3 heterocycles. The van der Waals surface area contributed by atoms with E-state index in [2.05, 4.69) is 0 Å². The zero-order chi connectivity index (χ0) is 18.3. The van der Waals surface area contributed by atoms with E-state index < -0.39 is 10.0 Å². The van der Waals surface area contributed by atoms with Crippen LogP contribution in [-0.4, -0.2) is 43.5 Å². The average molecular weight is 415 g/mol. The van der Waals surface area contributed by atoms with Gasteiger partial charge in [-0.1, -0.05) is 23.7 Å². The molecule has 0 radical (unpaired) electrons. The van der Waals surface area contributed by atoms with Crippen LogP contribution in [0.15, 0.2) is 49.8 Å². The molecule has 26 heavy (non-hydrogen) atoms. The van der Waals surface area contributed by atoms with Crippen LogP contribution >= 0.6 is 22.9 Å². The van der Waals surface area contributed by atoms with Crippen molar-refractivity contribution in [2.45, 2.75) is 10.9 Å². The van der Waals surface area contributed by atoms with Gasteiger partial charge in [-0.2, -0.15) is 4.31 Å². The zero-order valence-electron chi connectivity index (χ0n) is 13.7. The molecule has 0 atom stereocenters. The van der Waals surface area contributed by atoms with Gasteiger partial charge in [0.05, 0.1) is 36.0 Å². The van der Waals surface area contributed by atoms with Gasteiger partial charge in [-0.15, -0.1) is 11.3 Å². The van der Waals surface area contributed by atoms with Crippen LogP contribution in [0, 0.1) is 0 Å². The van der Waals surface area contributed by atoms with Crippen molar-refractivity contribution in [3.05, 3.63) is 51.3 Å². The summed E-state index contributed by atoms with van der Waals surface area (Å²) in [4.78, 5) is 13.2. The van der Waals surface area contributed by atoms with E-state index in [-0.39, 0.29) is 9.97 Å². The summed E-state index contributed by atoms with van der Waals surface area (Å²) in [6.45, 7) is 2.48. The predicted octanol–water partition coefficient (Wildman–Crippen LogP) is 0.856. The van der Waals surface area contributed by atoms with Gasteiger partial charge < -0.3 is 9.32 Å². The highest BCUT2D eigenvalue weighted by Gasteiger charge is 2.31. The number of hydrogen-bond acceptors (Lipinski definition) is 5. The Hall–Kier alpha value is -1.65. The molecule has 0 bridgehead atoms. The Morgan fingerprint density at radius 2 is 1.88 bits per heavy atom. The van der Waals surface area contributed by atoms with Gasteiger partial charge in [0.1, 0.15) is 4.21 Å². The first-order valence-corrected chi connectivity index (χ1v) is 10.8. The van der Waals surface area contributed by atoms with Crippen LogP contribution < -0.4 is 10.7 Å². The van der Waals surface area contributed by atoms with Crippen molar-refractivity contribution in [3.63, 3.8) is 0 Å². The molecule has 10 heteroatoms. The molecule has 0 spiro atoms. The molecule has 4 rings (SSSR count). The number of fused-ring (bicyclic) bond motifs is 1. The summed E-state index contributed by atoms with van der Waals surface area (Å²) in [6, 6.07) is 10.4. The standard InChI is InChI=1S/C16H16ClN3O4S2/c17-14-5-6-15(25-14)26(22,23)19-9-7-18(8-10-19)11-20-12-3-1-2-4-13(12)24-16(20)21/h1-6H,7-11H2/p+1. The number of nitrogens with one attached hydrogen (secondary N) is 1. The monoisotopic (exact) mass is 414 g/mol. The lowest BCUT2D eigenvalue weighted by molar-refractivity contribution is -0.926. The fourth-order valence-corrected chi connectivity index (χ4v) is 6.23. The van der Waals surface area contributed by atoms with Crippen molar-refractivity contribution in [2.24, 2.45) is 0 Å². The number of nitrogens with zero attached hydrogens (tertiary/aromatic N) is 2. The summed E-state index contributed by atoms with van der Waals surface area (Å²) in [7, 11) is -3.50. The fourth-order valence-electron chi connectivity index (χ4n) is 3.15. The van der Waals surface area contributed by atoms with Gasteiger partial charge >= 0.3 is 5.76 Å². The van der Waals surface area contributed by atoms with Gasteiger partial charge in [-0.05, 0) is 24.3 Å². The number of sulfonamides is 1. The molecule has 138 valence electrons. The maximum absolute atomic E-state index is 12.7. The van der Waals surface area contributed by atoms with E-state index in [0.29, 0.717) is 42.8 Å². The van der Waals surface area contributed by atoms with E-state index in [0.717, 1.165) is 21.8 Å². The van der Waals surface area contributed by atoms with Crippen LogP contribution in [0.5, 0.6) is 0 Å². The average Bonchev–Trinajstić information content (AvgIpc) is 3.20. The van der Waals surface area contributed by atoms with Crippen molar-refractivity contribution in [1.82, 2.24) is 8.87 Å². The first-order valence-electron chi connectivity index (χ1n) is 8.12. The first-order chi connectivity index (χ1) is 12.4. The number of thiophene rings is 1. The molecule has 3 aromatic rings. The van der Waals surface area contributed by atoms with Gasteiger partial charge in [0.2, 0.25) is 0 Å². The molecule has 1 aliphatic rings. The Kier molecular flexibility index (Phi) is 4.66. The molecule has 1 N–H and O–H groups in total.